The first kappa shape index (κ1) is 28.0. The van der Waals surface area contributed by atoms with Crippen LogP contribution in [0.4, 0.5) is 0 Å². The minimum absolute atomic E-state index is 0.819. The third-order valence-electron chi connectivity index (χ3n) is 8.45. The highest BCUT2D eigenvalue weighted by Crippen LogP contribution is 2.40. The van der Waals surface area contributed by atoms with Gasteiger partial charge in [-0.25, -0.2) is 9.97 Å². The number of benzene rings is 1. The molecule has 0 atom stereocenters. The van der Waals surface area contributed by atoms with Crippen molar-refractivity contribution in [1.82, 2.24) is 29.9 Å². The van der Waals surface area contributed by atoms with Crippen LogP contribution < -0.4 is 0 Å². The Morgan fingerprint density at radius 2 is 0.833 bits per heavy atom. The minimum Gasteiger partial charge on any atom is -0.354 e. The number of pyridine rings is 3. The van der Waals surface area contributed by atoms with Gasteiger partial charge < -0.3 is 4.98 Å². The molecule has 9 rings (SSSR count). The van der Waals surface area contributed by atoms with Crippen LogP contribution in [0.3, 0.4) is 0 Å². The van der Waals surface area contributed by atoms with Crippen molar-refractivity contribution in [3.8, 4) is 44.9 Å². The van der Waals surface area contributed by atoms with Gasteiger partial charge in [-0.2, -0.15) is 0 Å². The number of H-pyrrole nitrogens is 1. The zero-order chi connectivity index (χ0) is 31.9. The molecule has 0 fully saturated rings. The highest BCUT2D eigenvalue weighted by Gasteiger charge is 2.19. The van der Waals surface area contributed by atoms with E-state index in [1.54, 1.807) is 11.3 Å². The van der Waals surface area contributed by atoms with E-state index in [1.807, 2.05) is 79.3 Å². The monoisotopic (exact) mass is 634 g/mol. The van der Waals surface area contributed by atoms with Crippen LogP contribution in [0.2, 0.25) is 0 Å². The van der Waals surface area contributed by atoms with Gasteiger partial charge in [0, 0.05) is 50.2 Å². The van der Waals surface area contributed by atoms with Crippen LogP contribution in [0.1, 0.15) is 22.8 Å². The predicted molar refractivity (Wildman–Crippen MR) is 198 cm³/mol. The van der Waals surface area contributed by atoms with E-state index in [-0.39, 0.29) is 0 Å². The second kappa shape index (κ2) is 11.8. The minimum atomic E-state index is 0.819. The zero-order valence-corrected chi connectivity index (χ0v) is 26.4. The van der Waals surface area contributed by atoms with Gasteiger partial charge in [0.25, 0.3) is 0 Å². The van der Waals surface area contributed by atoms with E-state index in [4.69, 9.17) is 24.9 Å². The third-order valence-corrected chi connectivity index (χ3v) is 9.57. The van der Waals surface area contributed by atoms with Crippen LogP contribution in [0, 0.1) is 0 Å². The van der Waals surface area contributed by atoms with Crippen molar-refractivity contribution in [1.29, 1.82) is 0 Å². The molecule has 8 heterocycles. The average molecular weight is 635 g/mol. The molecule has 6 aromatic heterocycles. The first-order valence-electron chi connectivity index (χ1n) is 15.7. The van der Waals surface area contributed by atoms with Crippen molar-refractivity contribution in [3.05, 3.63) is 151 Å². The maximum atomic E-state index is 5.31. The van der Waals surface area contributed by atoms with Gasteiger partial charge in [-0.1, -0.05) is 48.5 Å². The van der Waals surface area contributed by atoms with Gasteiger partial charge in [0.1, 0.15) is 0 Å². The summed E-state index contributed by atoms with van der Waals surface area (Å²) in [6.45, 7) is 0. The molecule has 8 bridgehead atoms. The number of hydrogen-bond acceptors (Lipinski definition) is 6. The van der Waals surface area contributed by atoms with Crippen molar-refractivity contribution in [3.63, 3.8) is 0 Å². The molecule has 7 aromatic rings. The lowest BCUT2D eigenvalue weighted by Gasteiger charge is -2.05. The van der Waals surface area contributed by atoms with E-state index in [0.29, 0.717) is 0 Å². The van der Waals surface area contributed by atoms with Gasteiger partial charge in [0.2, 0.25) is 0 Å². The Balaban J connectivity index is 1.49. The molecule has 6 nitrogen and oxygen atoms in total. The highest BCUT2D eigenvalue weighted by molar-refractivity contribution is 7.24. The van der Waals surface area contributed by atoms with E-state index < -0.39 is 0 Å². The fourth-order valence-corrected chi connectivity index (χ4v) is 7.47. The first-order valence-corrected chi connectivity index (χ1v) is 16.5. The van der Waals surface area contributed by atoms with Crippen molar-refractivity contribution < 1.29 is 0 Å². The van der Waals surface area contributed by atoms with Gasteiger partial charge in [0.15, 0.2) is 0 Å². The topological polar surface area (TPSA) is 80.2 Å². The van der Waals surface area contributed by atoms with Gasteiger partial charge in [-0.3, -0.25) is 15.0 Å². The predicted octanol–water partition coefficient (Wildman–Crippen LogP) is 10.2. The molecule has 0 saturated heterocycles. The lowest BCUT2D eigenvalue weighted by molar-refractivity contribution is 1.27. The molecule has 0 amide bonds. The fourth-order valence-electron chi connectivity index (χ4n) is 6.33. The van der Waals surface area contributed by atoms with E-state index in [0.717, 1.165) is 88.1 Å². The Hall–Kier alpha value is -6.31. The summed E-state index contributed by atoms with van der Waals surface area (Å²) in [5.41, 5.74) is 12.7. The molecule has 2 aliphatic rings. The molecule has 0 spiro atoms. The summed E-state index contributed by atoms with van der Waals surface area (Å²) in [4.78, 5) is 28.6. The molecule has 7 heteroatoms. The highest BCUT2D eigenvalue weighted by atomic mass is 32.1. The summed E-state index contributed by atoms with van der Waals surface area (Å²) >= 11 is 1.72. The second-order valence-electron chi connectivity index (χ2n) is 11.4. The van der Waals surface area contributed by atoms with E-state index in [9.17, 15) is 0 Å². The quantitative estimate of drug-likeness (QED) is 0.208. The Kier molecular flexibility index (Phi) is 6.87. The Bertz CT molecular complexity index is 2190. The molecule has 0 aliphatic carbocycles. The standard InChI is InChI=1S/C41H26N6S/c1-2-10-26(11-3-1)38-30-15-16-31(45-30)39(27-12-4-7-23-42-27)32-17-18-33(46-32)40(28-13-5-8-24-43-28)34-19-20-35(47-34)41(29-14-6-9-25-44-29)37-22-21-36(38)48-37/h1-25,46H. The molecular weight excluding hydrogens is 609 g/mol. The summed E-state index contributed by atoms with van der Waals surface area (Å²) in [5.74, 6) is 0. The van der Waals surface area contributed by atoms with Gasteiger partial charge >= 0.3 is 0 Å². The number of nitrogens with zero attached hydrogens (tertiary/aromatic N) is 5. The maximum Gasteiger partial charge on any atom is 0.0753 e. The molecule has 226 valence electrons. The number of thiophene rings is 1. The Labute approximate surface area is 280 Å². The largest absolute Gasteiger partial charge is 0.354 e. The molecule has 0 saturated carbocycles. The van der Waals surface area contributed by atoms with Crippen LogP contribution in [0.25, 0.3) is 89.6 Å². The number of nitrogens with one attached hydrogen (secondary N) is 1. The van der Waals surface area contributed by atoms with E-state index in [1.165, 1.54) is 0 Å². The third kappa shape index (κ3) is 4.94. The molecular formula is C41H26N6S. The summed E-state index contributed by atoms with van der Waals surface area (Å²) in [6, 6.07) is 36.9. The molecule has 2 aliphatic heterocycles. The summed E-state index contributed by atoms with van der Waals surface area (Å²) in [7, 11) is 0. The molecule has 0 unspecified atom stereocenters. The van der Waals surface area contributed by atoms with Crippen molar-refractivity contribution >= 4 is 56.1 Å². The smallest absolute Gasteiger partial charge is 0.0753 e. The molecule has 1 aromatic carbocycles. The molecule has 48 heavy (non-hydrogen) atoms. The fraction of sp³-hybridized carbons (Fsp3) is 0. The van der Waals surface area contributed by atoms with Crippen LogP contribution in [0.15, 0.2) is 128 Å². The Morgan fingerprint density at radius 1 is 0.396 bits per heavy atom. The lowest BCUT2D eigenvalue weighted by atomic mass is 10.0. The van der Waals surface area contributed by atoms with Crippen molar-refractivity contribution in [2.75, 3.05) is 0 Å². The molecule has 1 N–H and O–H groups in total. The number of aromatic amines is 1. The number of rotatable bonds is 4. The first-order chi connectivity index (χ1) is 23.8. The normalized spacial score (nSPS) is 12.0. The zero-order valence-electron chi connectivity index (χ0n) is 25.6. The van der Waals surface area contributed by atoms with Gasteiger partial charge in [-0.05, 0) is 90.5 Å². The van der Waals surface area contributed by atoms with Crippen LogP contribution in [-0.2, 0) is 0 Å². The Morgan fingerprint density at radius 3 is 1.33 bits per heavy atom. The van der Waals surface area contributed by atoms with Crippen molar-refractivity contribution in [2.45, 2.75) is 0 Å². The van der Waals surface area contributed by atoms with Crippen LogP contribution in [0.5, 0.6) is 0 Å². The number of hydrogen-bond donors (Lipinski definition) is 1. The summed E-state index contributed by atoms with van der Waals surface area (Å²) in [5, 5.41) is 0. The number of aromatic nitrogens is 6. The summed E-state index contributed by atoms with van der Waals surface area (Å²) in [6.07, 6.45) is 13.8. The van der Waals surface area contributed by atoms with Crippen LogP contribution in [-0.4, -0.2) is 29.9 Å². The van der Waals surface area contributed by atoms with Gasteiger partial charge in [0.05, 0.1) is 50.9 Å². The number of fused-ring (bicyclic) bond motifs is 8. The van der Waals surface area contributed by atoms with Crippen molar-refractivity contribution in [2.24, 2.45) is 0 Å². The van der Waals surface area contributed by atoms with E-state index >= 15 is 0 Å². The van der Waals surface area contributed by atoms with Gasteiger partial charge in [-0.15, -0.1) is 11.3 Å². The molecule has 0 radical (unpaired) electrons. The SMILES string of the molecule is C1=Cc2nc1c(-c1ccccn1)c1ccc([nH]1)c(-c1ccccn1)c1nc(c(-c3ccccn3)c3ccc(s3)c2-c2ccccc2)C=C1. The average Bonchev–Trinajstić information content (AvgIpc) is 3.98. The van der Waals surface area contributed by atoms with E-state index in [2.05, 4.69) is 77.8 Å². The maximum absolute atomic E-state index is 5.31. The lowest BCUT2D eigenvalue weighted by Crippen LogP contribution is -1.90. The summed E-state index contributed by atoms with van der Waals surface area (Å²) < 4.78 is 2.18. The van der Waals surface area contributed by atoms with Crippen LogP contribution >= 0.6 is 11.3 Å². The second-order valence-corrected chi connectivity index (χ2v) is 12.5.